The Morgan fingerprint density at radius 1 is 1.56 bits per heavy atom. The first kappa shape index (κ1) is 10.5. The number of thioether (sulfide) groups is 1. The third-order valence-electron chi connectivity index (χ3n) is 3.63. The Morgan fingerprint density at radius 3 is 3.19 bits per heavy atom. The van der Waals surface area contributed by atoms with Crippen LogP contribution in [-0.2, 0) is 12.0 Å². The zero-order valence-corrected chi connectivity index (χ0v) is 10.4. The highest BCUT2D eigenvalue weighted by atomic mass is 32.2. The van der Waals surface area contributed by atoms with Gasteiger partial charge in [-0.05, 0) is 37.5 Å². The van der Waals surface area contributed by atoms with E-state index in [0.29, 0.717) is 5.92 Å². The fourth-order valence-electron chi connectivity index (χ4n) is 2.55. The Hall–Kier alpha value is -0.610. The van der Waals surface area contributed by atoms with Crippen LogP contribution in [0.15, 0.2) is 6.20 Å². The Bertz CT molecular complexity index is 411. The first-order valence-corrected chi connectivity index (χ1v) is 7.05. The van der Waals surface area contributed by atoms with Crippen molar-refractivity contribution in [2.75, 3.05) is 11.5 Å². The average Bonchev–Trinajstić information content (AvgIpc) is 2.87. The summed E-state index contributed by atoms with van der Waals surface area (Å²) in [6.07, 6.45) is 5.24. The Kier molecular flexibility index (Phi) is 2.44. The molecule has 86 valence electrons. The van der Waals surface area contributed by atoms with Gasteiger partial charge < -0.3 is 5.73 Å². The quantitative estimate of drug-likeness (QED) is 0.806. The second kappa shape index (κ2) is 3.70. The summed E-state index contributed by atoms with van der Waals surface area (Å²) in [4.78, 5) is 9.26. The molecule has 0 spiro atoms. The zero-order valence-electron chi connectivity index (χ0n) is 9.57. The van der Waals surface area contributed by atoms with Gasteiger partial charge in [-0.2, -0.15) is 11.8 Å². The summed E-state index contributed by atoms with van der Waals surface area (Å²) >= 11 is 2.00. The minimum absolute atomic E-state index is 0.237. The van der Waals surface area contributed by atoms with Crippen molar-refractivity contribution in [3.05, 3.63) is 23.3 Å². The van der Waals surface area contributed by atoms with Crippen LogP contribution >= 0.6 is 11.8 Å². The molecule has 2 N–H and O–H groups in total. The van der Waals surface area contributed by atoms with Crippen molar-refractivity contribution < 1.29 is 0 Å². The minimum atomic E-state index is -0.237. The fourth-order valence-corrected chi connectivity index (χ4v) is 3.76. The van der Waals surface area contributed by atoms with Crippen LogP contribution < -0.4 is 5.73 Å². The molecule has 1 saturated heterocycles. The van der Waals surface area contributed by atoms with E-state index in [2.05, 4.69) is 11.9 Å². The van der Waals surface area contributed by atoms with Crippen molar-refractivity contribution in [1.29, 1.82) is 0 Å². The molecule has 1 aromatic heterocycles. The summed E-state index contributed by atoms with van der Waals surface area (Å²) in [6.45, 7) is 2.08. The number of nitrogens with zero attached hydrogens (tertiary/aromatic N) is 2. The third kappa shape index (κ3) is 1.64. The van der Waals surface area contributed by atoms with Gasteiger partial charge in [-0.3, -0.25) is 0 Å². The van der Waals surface area contributed by atoms with Gasteiger partial charge in [-0.15, -0.1) is 0 Å². The lowest BCUT2D eigenvalue weighted by Gasteiger charge is -2.18. The van der Waals surface area contributed by atoms with Crippen LogP contribution in [0, 0.1) is 0 Å². The molecular weight excluding hydrogens is 218 g/mol. The molecule has 2 unspecified atom stereocenters. The Morgan fingerprint density at radius 2 is 2.44 bits per heavy atom. The first-order valence-electron chi connectivity index (χ1n) is 5.90. The van der Waals surface area contributed by atoms with Crippen LogP contribution in [0.25, 0.3) is 0 Å². The van der Waals surface area contributed by atoms with Gasteiger partial charge in [-0.1, -0.05) is 0 Å². The van der Waals surface area contributed by atoms with E-state index < -0.39 is 0 Å². The van der Waals surface area contributed by atoms with E-state index in [1.165, 1.54) is 23.5 Å². The summed E-state index contributed by atoms with van der Waals surface area (Å²) in [5.41, 5.74) is 8.37. The molecule has 1 aliphatic heterocycles. The van der Waals surface area contributed by atoms with Gasteiger partial charge in [0.15, 0.2) is 0 Å². The number of fused-ring (bicyclic) bond motifs is 1. The number of aryl methyl sites for hydroxylation is 1. The van der Waals surface area contributed by atoms with E-state index in [1.54, 1.807) is 0 Å². The van der Waals surface area contributed by atoms with Crippen molar-refractivity contribution in [3.8, 4) is 0 Å². The summed E-state index contributed by atoms with van der Waals surface area (Å²) in [6, 6.07) is 0. The molecule has 4 heteroatoms. The highest BCUT2D eigenvalue weighted by Gasteiger charge is 2.33. The standard InChI is InChI=1S/C12H17N3S/c1-12(13)4-2-8-6-14-11(15-10(8)12)9-3-5-16-7-9/h6,9H,2-5,7,13H2,1H3. The maximum atomic E-state index is 6.26. The van der Waals surface area contributed by atoms with Crippen LogP contribution in [0.2, 0.25) is 0 Å². The molecule has 16 heavy (non-hydrogen) atoms. The topological polar surface area (TPSA) is 51.8 Å². The predicted octanol–water partition coefficient (Wildman–Crippen LogP) is 1.82. The van der Waals surface area contributed by atoms with Gasteiger partial charge >= 0.3 is 0 Å². The van der Waals surface area contributed by atoms with Gasteiger partial charge in [0, 0.05) is 17.9 Å². The molecule has 1 fully saturated rings. The van der Waals surface area contributed by atoms with Crippen LogP contribution in [0.5, 0.6) is 0 Å². The first-order chi connectivity index (χ1) is 7.67. The zero-order chi connectivity index (χ0) is 11.2. The largest absolute Gasteiger partial charge is 0.320 e. The van der Waals surface area contributed by atoms with Crippen LogP contribution in [0.3, 0.4) is 0 Å². The van der Waals surface area contributed by atoms with Gasteiger partial charge in [-0.25, -0.2) is 9.97 Å². The summed E-state index contributed by atoms with van der Waals surface area (Å²) in [5.74, 6) is 3.97. The number of rotatable bonds is 1. The molecule has 0 radical (unpaired) electrons. The van der Waals surface area contributed by atoms with Gasteiger partial charge in [0.1, 0.15) is 5.82 Å². The van der Waals surface area contributed by atoms with Crippen LogP contribution in [-0.4, -0.2) is 21.5 Å². The van der Waals surface area contributed by atoms with Crippen molar-refractivity contribution in [2.24, 2.45) is 5.73 Å². The highest BCUT2D eigenvalue weighted by molar-refractivity contribution is 7.99. The molecule has 0 saturated carbocycles. The lowest BCUT2D eigenvalue weighted by molar-refractivity contribution is 0.476. The lowest BCUT2D eigenvalue weighted by atomic mass is 10.0. The van der Waals surface area contributed by atoms with Crippen molar-refractivity contribution in [2.45, 2.75) is 37.6 Å². The highest BCUT2D eigenvalue weighted by Crippen LogP contribution is 2.35. The molecule has 2 aliphatic rings. The molecule has 2 atom stereocenters. The summed E-state index contributed by atoms with van der Waals surface area (Å²) in [7, 11) is 0. The van der Waals surface area contributed by atoms with Crippen molar-refractivity contribution >= 4 is 11.8 Å². The smallest absolute Gasteiger partial charge is 0.132 e. The Balaban J connectivity index is 1.98. The van der Waals surface area contributed by atoms with Crippen molar-refractivity contribution in [1.82, 2.24) is 9.97 Å². The maximum Gasteiger partial charge on any atom is 0.132 e. The van der Waals surface area contributed by atoms with Crippen molar-refractivity contribution in [3.63, 3.8) is 0 Å². The number of hydrogen-bond donors (Lipinski definition) is 1. The molecule has 0 aromatic carbocycles. The SMILES string of the molecule is CC1(N)CCc2cnc(C3CCSC3)nc21. The van der Waals surface area contributed by atoms with E-state index in [1.807, 2.05) is 18.0 Å². The van der Waals surface area contributed by atoms with Gasteiger partial charge in [0.05, 0.1) is 11.2 Å². The summed E-state index contributed by atoms with van der Waals surface area (Å²) < 4.78 is 0. The number of aromatic nitrogens is 2. The molecule has 3 rings (SSSR count). The van der Waals surface area contributed by atoms with Crippen LogP contribution in [0.1, 0.15) is 42.8 Å². The average molecular weight is 235 g/mol. The van der Waals surface area contributed by atoms with E-state index in [9.17, 15) is 0 Å². The predicted molar refractivity (Wildman–Crippen MR) is 66.6 cm³/mol. The van der Waals surface area contributed by atoms with Crippen LogP contribution in [0.4, 0.5) is 0 Å². The van der Waals surface area contributed by atoms with E-state index in [-0.39, 0.29) is 5.54 Å². The van der Waals surface area contributed by atoms with E-state index in [0.717, 1.165) is 24.4 Å². The molecular formula is C12H17N3S. The lowest BCUT2D eigenvalue weighted by Crippen LogP contribution is -2.31. The molecule has 3 nitrogen and oxygen atoms in total. The summed E-state index contributed by atoms with van der Waals surface area (Å²) in [5, 5.41) is 0. The maximum absolute atomic E-state index is 6.26. The second-order valence-electron chi connectivity index (χ2n) is 5.08. The number of nitrogens with two attached hydrogens (primary N) is 1. The molecule has 1 aromatic rings. The van der Waals surface area contributed by atoms with Gasteiger partial charge in [0.25, 0.3) is 0 Å². The van der Waals surface area contributed by atoms with Gasteiger partial charge in [0.2, 0.25) is 0 Å². The fraction of sp³-hybridized carbons (Fsp3) is 0.667. The molecule has 1 aliphatic carbocycles. The third-order valence-corrected chi connectivity index (χ3v) is 4.80. The Labute approximate surface area is 100 Å². The second-order valence-corrected chi connectivity index (χ2v) is 6.23. The molecule has 0 bridgehead atoms. The number of hydrogen-bond acceptors (Lipinski definition) is 4. The van der Waals surface area contributed by atoms with E-state index >= 15 is 0 Å². The monoisotopic (exact) mass is 235 g/mol. The molecule has 0 amide bonds. The normalized spacial score (nSPS) is 33.0. The van der Waals surface area contributed by atoms with E-state index in [4.69, 9.17) is 10.7 Å². The molecule has 2 heterocycles. The minimum Gasteiger partial charge on any atom is -0.320 e.